The second kappa shape index (κ2) is 53.6. The number of carbonyl (C=O) groups is 21. The van der Waals surface area contributed by atoms with Gasteiger partial charge in [-0.05, 0) is 139 Å². The van der Waals surface area contributed by atoms with Crippen LogP contribution < -0.4 is 91.2 Å². The molecule has 4 heterocycles. The van der Waals surface area contributed by atoms with Gasteiger partial charge in [-0.15, -0.1) is 0 Å². The van der Waals surface area contributed by atoms with Crippen LogP contribution in [0.15, 0.2) is 54.7 Å². The monoisotopic (exact) mass is 1910 g/mol. The van der Waals surface area contributed by atoms with Gasteiger partial charge in [-0.2, -0.15) is 0 Å². The van der Waals surface area contributed by atoms with Crippen molar-refractivity contribution in [2.24, 2.45) is 23.3 Å². The van der Waals surface area contributed by atoms with Crippen LogP contribution in [0.4, 0.5) is 0 Å². The number of H-pyrrole nitrogens is 1. The smallest absolute Gasteiger partial charge is 0.325 e. The molecular weight excluding hydrogens is 1790 g/mol. The molecule has 0 unspecified atom stereocenters. The highest BCUT2D eigenvalue weighted by molar-refractivity contribution is 6.02. The second-order valence-corrected chi connectivity index (χ2v) is 34.3. The Labute approximate surface area is 780 Å². The fourth-order valence-electron chi connectivity index (χ4n) is 15.4. The van der Waals surface area contributed by atoms with Gasteiger partial charge >= 0.3 is 23.9 Å². The van der Waals surface area contributed by atoms with Gasteiger partial charge in [0.1, 0.15) is 96.4 Å². The lowest BCUT2D eigenvalue weighted by Gasteiger charge is -2.34. The van der Waals surface area contributed by atoms with Gasteiger partial charge in [0.2, 0.25) is 100 Å². The minimum Gasteiger partial charge on any atom is -0.508 e. The number of aromatic amines is 1. The molecule has 17 amide bonds. The summed E-state index contributed by atoms with van der Waals surface area (Å²) < 4.78 is 0. The fraction of sp³-hybridized carbons (Fsp3) is 0.581. The van der Waals surface area contributed by atoms with Crippen LogP contribution in [-0.4, -0.2) is 335 Å². The first kappa shape index (κ1) is 111. The Morgan fingerprint density at radius 2 is 0.875 bits per heavy atom. The Balaban J connectivity index is 1.17. The van der Waals surface area contributed by atoms with Gasteiger partial charge in [0.05, 0.1) is 38.8 Å². The first-order valence-electron chi connectivity index (χ1n) is 44.6. The van der Waals surface area contributed by atoms with Crippen molar-refractivity contribution in [3.8, 4) is 5.75 Å². The number of aromatic hydroxyl groups is 1. The molecule has 50 heteroatoms. The van der Waals surface area contributed by atoms with Crippen molar-refractivity contribution in [1.29, 1.82) is 5.41 Å². The standard InChI is InChI=1S/C86H126N22O28/c1-42(2)32-55(100-74(124)54(25-27-68(116)117)96-65(112)39-93-72(122)53(24-26-67(114)115)98-70(120)44(5)87)75(125)101-56(34-47-20-22-49(111)23-21-47)76(126)99-52(16-10-28-90-86(88)89)73(123)102-57(35-48-37-91-51-15-9-8-14-50(48)51)77(127)103-58(33-43(3)4)82(132)108-31-13-19-64(108)84(134)107-30-12-18-63(107)81(131)105-61(41-110)79(129)104-60(40-109)78(128)94-45(6)71(121)92-38-66(113)97-59(36-69(118)119)83(133)106-29-11-17-62(106)80(130)95-46(7)85(135)136/h8-9,14-15,20-23,37,42-46,52-64,91,109-111H,10-13,16-19,24-36,38-41,87H2,1-7H3,(H,92,121)(H,93,122)(H,94,128)(H,95,130)(H,96,112)(H,97,113)(H,98,120)(H,99,126)(H,100,124)(H,101,125)(H,102,123)(H,103,127)(H,104,129)(H,105,131)(H,114,115)(H,116,117)(H,118,119)(H,135,136)(H4,88,89,90)/t44-,45-,46-,52-,53-,54-,55-,56-,57-,58-,59-,60-,61-,62-,63-,64-/m0/s1. The molecule has 6 rings (SSSR count). The number of carboxylic acids is 4. The van der Waals surface area contributed by atoms with E-state index in [-0.39, 0.29) is 115 Å². The molecular formula is C86H126N22O28. The second-order valence-electron chi connectivity index (χ2n) is 34.3. The van der Waals surface area contributed by atoms with Crippen LogP contribution in [0.5, 0.6) is 5.75 Å². The average molecular weight is 1920 g/mol. The number of nitrogens with zero attached hydrogens (tertiary/aromatic N) is 3. The SMILES string of the molecule is CC(C)C[C@H](NC(=O)[C@H](CCC(=O)O)NC(=O)CNC(=O)[C@H](CCC(=O)O)NC(=O)[C@H](C)N)C(=O)N[C@@H](Cc1ccc(O)cc1)C(=O)N[C@@H](CCCNC(=N)N)C(=O)N[C@@H](Cc1c[nH]c2ccccc12)C(=O)N[C@@H](CC(C)C)C(=O)N1CCC[C@H]1C(=O)N1CCC[C@H]1C(=O)N[C@@H](CO)C(=O)N[C@@H](CO)C(=O)N[C@@H](C)C(=O)NCC(=O)N[C@@H](CC(=O)O)C(=O)N1CCC[C@H]1C(=O)N[C@@H](C)C(=O)O. The average Bonchev–Trinajstić information content (AvgIpc) is 1.65. The number of para-hydroxylation sites is 1. The maximum atomic E-state index is 15.4. The number of hydrogen-bond acceptors (Lipinski definition) is 26. The summed E-state index contributed by atoms with van der Waals surface area (Å²) in [5.41, 5.74) is 12.7. The third-order valence-corrected chi connectivity index (χ3v) is 22.5. The van der Waals surface area contributed by atoms with E-state index in [1.807, 2.05) is 0 Å². The summed E-state index contributed by atoms with van der Waals surface area (Å²) in [6, 6.07) is -11.9. The fourth-order valence-corrected chi connectivity index (χ4v) is 15.4. The summed E-state index contributed by atoms with van der Waals surface area (Å²) in [5.74, 6) is -23.8. The van der Waals surface area contributed by atoms with Gasteiger partial charge in [-0.25, -0.2) is 0 Å². The molecule has 748 valence electrons. The quantitative estimate of drug-likeness (QED) is 0.0142. The van der Waals surface area contributed by atoms with Crippen LogP contribution in [0.2, 0.25) is 0 Å². The molecule has 136 heavy (non-hydrogen) atoms. The number of phenolic OH excluding ortho intramolecular Hbond substituents is 1. The number of aliphatic hydroxyl groups excluding tert-OH is 2. The van der Waals surface area contributed by atoms with Crippen molar-refractivity contribution in [3.05, 3.63) is 65.9 Å². The maximum absolute atomic E-state index is 15.4. The zero-order valence-electron chi connectivity index (χ0n) is 76.5. The summed E-state index contributed by atoms with van der Waals surface area (Å²) in [6.07, 6.45) is -1.89. The lowest BCUT2D eigenvalue weighted by atomic mass is 9.99. The molecule has 2 aromatic carbocycles. The topological polar surface area (TPSA) is 782 Å². The third kappa shape index (κ3) is 34.7. The van der Waals surface area contributed by atoms with Crippen LogP contribution in [0, 0.1) is 17.2 Å². The van der Waals surface area contributed by atoms with Gasteiger partial charge in [-0.1, -0.05) is 58.0 Å². The number of carbonyl (C=O) groups excluding carboxylic acids is 17. The number of amides is 17. The molecule has 3 aliphatic heterocycles. The van der Waals surface area contributed by atoms with E-state index in [0.29, 0.717) is 22.0 Å². The Bertz CT molecular complexity index is 4820. The number of carboxylic acid groups (broad SMARTS) is 4. The summed E-state index contributed by atoms with van der Waals surface area (Å²) in [4.78, 5) is 292. The molecule has 0 spiro atoms. The molecule has 16 atom stereocenters. The van der Waals surface area contributed by atoms with E-state index in [1.165, 1.54) is 47.9 Å². The molecule has 3 aliphatic rings. The van der Waals surface area contributed by atoms with E-state index in [9.17, 15) is 117 Å². The number of nitrogens with one attached hydrogen (secondary N) is 17. The lowest BCUT2D eigenvalue weighted by molar-refractivity contribution is -0.148. The van der Waals surface area contributed by atoms with Crippen molar-refractivity contribution in [2.75, 3.05) is 52.5 Å². The number of fused-ring (bicyclic) bond motifs is 1. The normalized spacial score (nSPS) is 17.4. The van der Waals surface area contributed by atoms with Crippen molar-refractivity contribution < 1.29 is 136 Å². The van der Waals surface area contributed by atoms with Gasteiger partial charge < -0.3 is 147 Å². The number of hydrogen-bond donors (Lipinski definition) is 26. The van der Waals surface area contributed by atoms with E-state index < -0.39 is 291 Å². The van der Waals surface area contributed by atoms with E-state index in [1.54, 1.807) is 58.2 Å². The largest absolute Gasteiger partial charge is 0.508 e. The zero-order chi connectivity index (χ0) is 101. The molecule has 3 saturated heterocycles. The van der Waals surface area contributed by atoms with Crippen LogP contribution in [0.1, 0.15) is 156 Å². The van der Waals surface area contributed by atoms with Gasteiger partial charge in [0.15, 0.2) is 5.96 Å². The van der Waals surface area contributed by atoms with Crippen LogP contribution >= 0.6 is 0 Å². The number of benzene rings is 2. The number of aromatic nitrogens is 1. The van der Waals surface area contributed by atoms with Gasteiger partial charge in [0, 0.05) is 69.0 Å². The number of rotatable bonds is 54. The summed E-state index contributed by atoms with van der Waals surface area (Å²) in [5, 5.41) is 114. The highest BCUT2D eigenvalue weighted by atomic mass is 16.4. The molecule has 0 bridgehead atoms. The van der Waals surface area contributed by atoms with Gasteiger partial charge in [-0.3, -0.25) is 106 Å². The molecule has 3 fully saturated rings. The molecule has 1 aromatic heterocycles. The van der Waals surface area contributed by atoms with Crippen molar-refractivity contribution in [3.63, 3.8) is 0 Å². The van der Waals surface area contributed by atoms with Crippen molar-refractivity contribution >= 4 is 141 Å². The first-order chi connectivity index (χ1) is 64.2. The summed E-state index contributed by atoms with van der Waals surface area (Å²) in [6.45, 7) is 6.30. The predicted octanol–water partition coefficient (Wildman–Crippen LogP) is -7.30. The zero-order valence-corrected chi connectivity index (χ0v) is 76.5. The Kier molecular flexibility index (Phi) is 43.6. The Hall–Kier alpha value is -14.2. The number of aliphatic hydroxyl groups is 2. The summed E-state index contributed by atoms with van der Waals surface area (Å²) in [7, 11) is 0. The van der Waals surface area contributed by atoms with E-state index in [2.05, 4.69) is 84.7 Å². The van der Waals surface area contributed by atoms with E-state index in [0.717, 1.165) is 11.8 Å². The minimum atomic E-state index is -1.86. The number of guanidine groups is 1. The van der Waals surface area contributed by atoms with Crippen molar-refractivity contribution in [2.45, 2.75) is 254 Å². The molecule has 3 aromatic rings. The van der Waals surface area contributed by atoms with Crippen LogP contribution in [-0.2, 0) is 114 Å². The molecule has 0 aliphatic carbocycles. The Morgan fingerprint density at radius 3 is 1.43 bits per heavy atom. The molecule has 0 saturated carbocycles. The molecule has 50 nitrogen and oxygen atoms in total. The third-order valence-electron chi connectivity index (χ3n) is 22.5. The number of nitrogens with two attached hydrogens (primary N) is 2. The number of aliphatic carboxylic acids is 4. The minimum absolute atomic E-state index is 0.00713. The molecule has 0 radical (unpaired) electrons. The maximum Gasteiger partial charge on any atom is 0.325 e. The Morgan fingerprint density at radius 1 is 0.441 bits per heavy atom. The van der Waals surface area contributed by atoms with E-state index >= 15 is 19.2 Å². The number of likely N-dealkylation sites (tertiary alicyclic amines) is 3. The summed E-state index contributed by atoms with van der Waals surface area (Å²) >= 11 is 0. The first-order valence-corrected chi connectivity index (χ1v) is 44.6. The van der Waals surface area contributed by atoms with Gasteiger partial charge in [0.25, 0.3) is 0 Å². The highest BCUT2D eigenvalue weighted by Crippen LogP contribution is 2.28. The molecule has 28 N–H and O–H groups in total. The van der Waals surface area contributed by atoms with E-state index in [4.69, 9.17) is 16.9 Å². The van der Waals surface area contributed by atoms with Crippen LogP contribution in [0.25, 0.3) is 10.9 Å². The lowest BCUT2D eigenvalue weighted by Crippen LogP contribution is -2.61. The van der Waals surface area contributed by atoms with Crippen LogP contribution in [0.3, 0.4) is 0 Å². The predicted molar refractivity (Wildman–Crippen MR) is 478 cm³/mol. The highest BCUT2D eigenvalue weighted by Gasteiger charge is 2.47. The van der Waals surface area contributed by atoms with Crippen molar-refractivity contribution in [1.82, 2.24) is 99.4 Å². The number of phenols is 1.